The van der Waals surface area contributed by atoms with Gasteiger partial charge in [0.15, 0.2) is 0 Å². The van der Waals surface area contributed by atoms with Gasteiger partial charge in [-0.25, -0.2) is 0 Å². The maximum Gasteiger partial charge on any atom is 0.0576 e. The van der Waals surface area contributed by atoms with Crippen LogP contribution in [0.3, 0.4) is 0 Å². The molecule has 16 heavy (non-hydrogen) atoms. The Morgan fingerprint density at radius 1 is 1.06 bits per heavy atom. The molecule has 0 aromatic rings. The maximum atomic E-state index is 10.4. The summed E-state index contributed by atoms with van der Waals surface area (Å²) in [5.41, 5.74) is 0.917. The predicted molar refractivity (Wildman–Crippen MR) is 66.0 cm³/mol. The number of hydrogen-bond acceptors (Lipinski definition) is 1. The Morgan fingerprint density at radius 3 is 2.44 bits per heavy atom. The molecule has 0 radical (unpaired) electrons. The molecule has 3 aliphatic rings. The second-order valence-corrected chi connectivity index (χ2v) is 7.51. The first-order chi connectivity index (χ1) is 7.40. The molecule has 0 unspecified atom stereocenters. The lowest BCUT2D eigenvalue weighted by atomic mass is 9.54. The Bertz CT molecular complexity index is 305. The molecule has 3 fully saturated rings. The average Bonchev–Trinajstić information content (AvgIpc) is 2.73. The van der Waals surface area contributed by atoms with Crippen LogP contribution in [0.25, 0.3) is 0 Å². The van der Waals surface area contributed by atoms with E-state index in [1.165, 1.54) is 19.3 Å². The van der Waals surface area contributed by atoms with Gasteiger partial charge in [0.1, 0.15) is 0 Å². The predicted octanol–water partition coefficient (Wildman–Crippen LogP) is 3.47. The van der Waals surface area contributed by atoms with Crippen LogP contribution in [0.4, 0.5) is 0 Å². The minimum absolute atomic E-state index is 0.0178. The Balaban J connectivity index is 1.99. The topological polar surface area (TPSA) is 20.2 Å². The fourth-order valence-corrected chi connectivity index (χ4v) is 5.62. The average molecular weight is 222 g/mol. The van der Waals surface area contributed by atoms with Gasteiger partial charge in [-0.15, -0.1) is 0 Å². The number of hydrogen-bond donors (Lipinski definition) is 1. The van der Waals surface area contributed by atoms with Gasteiger partial charge in [0.25, 0.3) is 0 Å². The van der Waals surface area contributed by atoms with Gasteiger partial charge in [-0.2, -0.15) is 0 Å². The van der Waals surface area contributed by atoms with Crippen molar-refractivity contribution < 1.29 is 5.11 Å². The summed E-state index contributed by atoms with van der Waals surface area (Å²) in [6.07, 6.45) is 5.03. The molecule has 1 nitrogen and oxygen atoms in total. The molecule has 6 atom stereocenters. The van der Waals surface area contributed by atoms with Crippen LogP contribution < -0.4 is 0 Å². The van der Waals surface area contributed by atoms with Gasteiger partial charge in [0.2, 0.25) is 0 Å². The molecule has 3 aliphatic carbocycles. The summed E-state index contributed by atoms with van der Waals surface area (Å²) in [4.78, 5) is 0. The van der Waals surface area contributed by atoms with Crippen molar-refractivity contribution in [2.75, 3.05) is 0 Å². The summed E-state index contributed by atoms with van der Waals surface area (Å²) in [6, 6.07) is 0. The van der Waals surface area contributed by atoms with Crippen LogP contribution in [0.1, 0.15) is 53.4 Å². The van der Waals surface area contributed by atoms with Gasteiger partial charge in [-0.05, 0) is 47.3 Å². The van der Waals surface area contributed by atoms with Gasteiger partial charge in [0.05, 0.1) is 6.10 Å². The first kappa shape index (κ1) is 11.1. The lowest BCUT2D eigenvalue weighted by Gasteiger charge is -2.52. The van der Waals surface area contributed by atoms with Crippen LogP contribution in [-0.2, 0) is 0 Å². The van der Waals surface area contributed by atoms with Gasteiger partial charge < -0.3 is 5.11 Å². The van der Waals surface area contributed by atoms with Crippen molar-refractivity contribution in [2.45, 2.75) is 59.5 Å². The molecule has 3 rings (SSSR count). The zero-order valence-corrected chi connectivity index (χ0v) is 11.2. The van der Waals surface area contributed by atoms with Crippen molar-refractivity contribution >= 4 is 0 Å². The normalized spacial score (nSPS) is 58.7. The molecule has 0 aromatic heterocycles. The fraction of sp³-hybridized carbons (Fsp3) is 1.00. The summed E-state index contributed by atoms with van der Waals surface area (Å²) < 4.78 is 0. The van der Waals surface area contributed by atoms with Crippen molar-refractivity contribution in [2.24, 2.45) is 34.5 Å². The lowest BCUT2D eigenvalue weighted by Crippen LogP contribution is -2.48. The molecule has 92 valence electrons. The SMILES string of the molecule is C[C@@H]1CCC[C@@H]2[C@@H](O)C[C@@H]3[C@@H](C3(C)C)[C@@]12C. The Kier molecular flexibility index (Phi) is 2.11. The van der Waals surface area contributed by atoms with E-state index in [1.807, 2.05) is 0 Å². The van der Waals surface area contributed by atoms with E-state index in [9.17, 15) is 5.11 Å². The highest BCUT2D eigenvalue weighted by Crippen LogP contribution is 2.75. The van der Waals surface area contributed by atoms with E-state index in [4.69, 9.17) is 0 Å². The lowest BCUT2D eigenvalue weighted by molar-refractivity contribution is -0.0829. The number of rotatable bonds is 0. The highest BCUT2D eigenvalue weighted by atomic mass is 16.3. The minimum Gasteiger partial charge on any atom is -0.393 e. The van der Waals surface area contributed by atoms with Crippen molar-refractivity contribution in [3.05, 3.63) is 0 Å². The summed E-state index contributed by atoms with van der Waals surface area (Å²) in [6.45, 7) is 9.75. The van der Waals surface area contributed by atoms with Gasteiger partial charge in [-0.3, -0.25) is 0 Å². The monoisotopic (exact) mass is 222 g/mol. The summed E-state index contributed by atoms with van der Waals surface area (Å²) in [5.74, 6) is 3.06. The number of aliphatic hydroxyl groups excluding tert-OH is 1. The van der Waals surface area contributed by atoms with Crippen molar-refractivity contribution in [3.63, 3.8) is 0 Å². The maximum absolute atomic E-state index is 10.4. The van der Waals surface area contributed by atoms with Crippen LogP contribution in [0, 0.1) is 34.5 Å². The van der Waals surface area contributed by atoms with E-state index in [2.05, 4.69) is 27.7 Å². The molecule has 1 heteroatoms. The summed E-state index contributed by atoms with van der Waals surface area (Å²) in [5, 5.41) is 10.4. The molecule has 0 aliphatic heterocycles. The second kappa shape index (κ2) is 3.04. The number of aliphatic hydroxyl groups is 1. The molecular formula is C15H26O. The zero-order valence-electron chi connectivity index (χ0n) is 11.2. The van der Waals surface area contributed by atoms with Crippen molar-refractivity contribution in [1.29, 1.82) is 0 Å². The highest BCUT2D eigenvalue weighted by molar-refractivity contribution is 5.19. The third-order valence-electron chi connectivity index (χ3n) is 6.69. The molecular weight excluding hydrogens is 196 g/mol. The van der Waals surface area contributed by atoms with Crippen LogP contribution in [0.2, 0.25) is 0 Å². The molecule has 0 aromatic carbocycles. The third kappa shape index (κ3) is 1.11. The highest BCUT2D eigenvalue weighted by Gasteiger charge is 2.71. The third-order valence-corrected chi connectivity index (χ3v) is 6.69. The minimum atomic E-state index is -0.0178. The first-order valence-electron chi connectivity index (χ1n) is 7.08. The van der Waals surface area contributed by atoms with Crippen molar-refractivity contribution in [3.8, 4) is 0 Å². The van der Waals surface area contributed by atoms with E-state index < -0.39 is 0 Å². The van der Waals surface area contributed by atoms with Crippen LogP contribution >= 0.6 is 0 Å². The van der Waals surface area contributed by atoms with E-state index >= 15 is 0 Å². The Labute approximate surface area is 99.6 Å². The van der Waals surface area contributed by atoms with Crippen LogP contribution in [0.5, 0.6) is 0 Å². The van der Waals surface area contributed by atoms with E-state index in [-0.39, 0.29) is 6.10 Å². The van der Waals surface area contributed by atoms with Gasteiger partial charge >= 0.3 is 0 Å². The van der Waals surface area contributed by atoms with E-state index in [0.717, 1.165) is 24.2 Å². The second-order valence-electron chi connectivity index (χ2n) is 7.51. The first-order valence-corrected chi connectivity index (χ1v) is 7.08. The quantitative estimate of drug-likeness (QED) is 0.665. The molecule has 0 spiro atoms. The van der Waals surface area contributed by atoms with Crippen LogP contribution in [0.15, 0.2) is 0 Å². The summed E-state index contributed by atoms with van der Waals surface area (Å²) >= 11 is 0. The molecule has 0 saturated heterocycles. The largest absolute Gasteiger partial charge is 0.393 e. The molecule has 0 heterocycles. The standard InChI is InChI=1S/C15H26O/c1-9-6-5-7-10-12(16)8-11-13(14(11,2)3)15(9,10)4/h9-13,16H,5-8H2,1-4H3/t9-,10-,11-,12+,13+,15+/m1/s1. The van der Waals surface area contributed by atoms with E-state index in [1.54, 1.807) is 0 Å². The van der Waals surface area contributed by atoms with Crippen LogP contribution in [-0.4, -0.2) is 11.2 Å². The van der Waals surface area contributed by atoms with Gasteiger partial charge in [0, 0.05) is 0 Å². The fourth-order valence-electron chi connectivity index (χ4n) is 5.62. The smallest absolute Gasteiger partial charge is 0.0576 e. The molecule has 0 amide bonds. The molecule has 1 N–H and O–H groups in total. The van der Waals surface area contributed by atoms with Crippen molar-refractivity contribution in [1.82, 2.24) is 0 Å². The van der Waals surface area contributed by atoms with Gasteiger partial charge in [-0.1, -0.05) is 40.5 Å². The Morgan fingerprint density at radius 2 is 1.75 bits per heavy atom. The number of fused-ring (bicyclic) bond motifs is 3. The van der Waals surface area contributed by atoms with E-state index in [0.29, 0.717) is 16.7 Å². The Hall–Kier alpha value is -0.0400. The molecule has 3 saturated carbocycles. The zero-order chi connectivity index (χ0) is 11.7. The summed E-state index contributed by atoms with van der Waals surface area (Å²) in [7, 11) is 0. The molecule has 0 bridgehead atoms.